The van der Waals surface area contributed by atoms with Gasteiger partial charge in [0.25, 0.3) is 0 Å². The molecule has 0 aliphatic heterocycles. The van der Waals surface area contributed by atoms with Gasteiger partial charge in [-0.25, -0.2) is 0 Å². The summed E-state index contributed by atoms with van der Waals surface area (Å²) in [4.78, 5) is 18.1. The molecule has 0 fully saturated rings. The summed E-state index contributed by atoms with van der Waals surface area (Å²) in [7, 11) is 0. The molecule has 0 saturated heterocycles. The molecule has 0 aromatic carbocycles. The van der Waals surface area contributed by atoms with E-state index in [1.165, 1.54) is 0 Å². The lowest BCUT2D eigenvalue weighted by Crippen LogP contribution is -2.40. The summed E-state index contributed by atoms with van der Waals surface area (Å²) in [6.45, 7) is 10.5. The van der Waals surface area contributed by atoms with Crippen LogP contribution >= 0.6 is 0 Å². The van der Waals surface area contributed by atoms with Crippen LogP contribution in [0.25, 0.3) is 0 Å². The number of hydrogen-bond acceptors (Lipinski definition) is 3. The second-order valence-corrected chi connectivity index (χ2v) is 5.88. The number of aromatic nitrogens is 1. The minimum atomic E-state index is -0.299. The van der Waals surface area contributed by atoms with Crippen molar-refractivity contribution in [2.45, 2.75) is 52.8 Å². The van der Waals surface area contributed by atoms with Crippen LogP contribution in [0.3, 0.4) is 0 Å². The molecule has 1 aromatic heterocycles. The zero-order valence-corrected chi connectivity index (χ0v) is 12.5. The molecule has 106 valence electrons. The molecule has 0 aliphatic rings. The molecule has 0 spiro atoms. The molecule has 0 N–H and O–H groups in total. The fourth-order valence-electron chi connectivity index (χ4n) is 1.61. The number of pyridine rings is 1. The van der Waals surface area contributed by atoms with Crippen LogP contribution in [-0.4, -0.2) is 34.0 Å². The minimum absolute atomic E-state index is 0.00813. The van der Waals surface area contributed by atoms with Gasteiger partial charge in [-0.15, -0.1) is 0 Å². The van der Waals surface area contributed by atoms with Crippen molar-refractivity contribution in [1.29, 1.82) is 0 Å². The first-order valence-electron chi connectivity index (χ1n) is 6.62. The fourth-order valence-corrected chi connectivity index (χ4v) is 1.61. The fraction of sp³-hybridized carbons (Fsp3) is 0.600. The molecule has 0 bridgehead atoms. The average Bonchev–Trinajstić information content (AvgIpc) is 2.33. The third-order valence-electron chi connectivity index (χ3n) is 2.65. The highest BCUT2D eigenvalue weighted by Gasteiger charge is 2.20. The van der Waals surface area contributed by atoms with E-state index in [-0.39, 0.29) is 24.2 Å². The Labute approximate surface area is 115 Å². The first-order valence-corrected chi connectivity index (χ1v) is 6.62. The Morgan fingerprint density at radius 2 is 2.11 bits per heavy atom. The Morgan fingerprint density at radius 1 is 1.42 bits per heavy atom. The van der Waals surface area contributed by atoms with Crippen molar-refractivity contribution >= 4 is 5.91 Å². The molecule has 1 amide bonds. The van der Waals surface area contributed by atoms with Gasteiger partial charge in [0.2, 0.25) is 5.91 Å². The standard InChI is InChI=1S/C15H24N2O2/c1-12(2)17(10-13-7-6-8-16-9-13)14(18)11-19-15(3,4)5/h6-9,12H,10-11H2,1-5H3. The van der Waals surface area contributed by atoms with E-state index in [0.29, 0.717) is 6.54 Å². The van der Waals surface area contributed by atoms with E-state index in [1.54, 1.807) is 12.4 Å². The van der Waals surface area contributed by atoms with Crippen molar-refractivity contribution in [1.82, 2.24) is 9.88 Å². The Hall–Kier alpha value is -1.42. The van der Waals surface area contributed by atoms with Crippen molar-refractivity contribution < 1.29 is 9.53 Å². The second-order valence-electron chi connectivity index (χ2n) is 5.88. The first kappa shape index (κ1) is 15.6. The molecule has 19 heavy (non-hydrogen) atoms. The van der Waals surface area contributed by atoms with Crippen LogP contribution in [0.1, 0.15) is 40.2 Å². The molecular weight excluding hydrogens is 240 g/mol. The van der Waals surface area contributed by atoms with Gasteiger partial charge in [0.05, 0.1) is 5.60 Å². The highest BCUT2D eigenvalue weighted by atomic mass is 16.5. The monoisotopic (exact) mass is 264 g/mol. The maximum Gasteiger partial charge on any atom is 0.249 e. The third-order valence-corrected chi connectivity index (χ3v) is 2.65. The maximum absolute atomic E-state index is 12.2. The first-order chi connectivity index (χ1) is 8.79. The van der Waals surface area contributed by atoms with Gasteiger partial charge in [0.1, 0.15) is 6.61 Å². The summed E-state index contributed by atoms with van der Waals surface area (Å²) in [5.41, 5.74) is 0.729. The van der Waals surface area contributed by atoms with Crippen LogP contribution in [-0.2, 0) is 16.1 Å². The number of carbonyl (C=O) groups is 1. The molecule has 0 radical (unpaired) electrons. The van der Waals surface area contributed by atoms with E-state index in [9.17, 15) is 4.79 Å². The van der Waals surface area contributed by atoms with Crippen LogP contribution < -0.4 is 0 Å². The molecule has 1 heterocycles. The topological polar surface area (TPSA) is 42.4 Å². The number of amides is 1. The maximum atomic E-state index is 12.2. The largest absolute Gasteiger partial charge is 0.366 e. The Bertz CT molecular complexity index is 396. The van der Waals surface area contributed by atoms with Gasteiger partial charge in [-0.3, -0.25) is 9.78 Å². The number of hydrogen-bond donors (Lipinski definition) is 0. The Kier molecular flexibility index (Phi) is 5.48. The highest BCUT2D eigenvalue weighted by molar-refractivity contribution is 5.77. The molecule has 0 saturated carbocycles. The molecule has 4 heteroatoms. The Balaban J connectivity index is 2.65. The molecule has 0 unspecified atom stereocenters. The number of rotatable bonds is 5. The van der Waals surface area contributed by atoms with Crippen LogP contribution in [0.2, 0.25) is 0 Å². The van der Waals surface area contributed by atoms with Gasteiger partial charge >= 0.3 is 0 Å². The summed E-state index contributed by atoms with van der Waals surface area (Å²) in [6, 6.07) is 3.99. The lowest BCUT2D eigenvalue weighted by atomic mass is 10.2. The zero-order chi connectivity index (χ0) is 14.5. The summed E-state index contributed by atoms with van der Waals surface area (Å²) >= 11 is 0. The average molecular weight is 264 g/mol. The molecule has 0 atom stereocenters. The summed E-state index contributed by atoms with van der Waals surface area (Å²) < 4.78 is 5.55. The van der Waals surface area contributed by atoms with Gasteiger partial charge in [-0.2, -0.15) is 0 Å². The van der Waals surface area contributed by atoms with Crippen molar-refractivity contribution in [2.75, 3.05) is 6.61 Å². The van der Waals surface area contributed by atoms with E-state index in [4.69, 9.17) is 4.74 Å². The van der Waals surface area contributed by atoms with Crippen molar-refractivity contribution in [3.8, 4) is 0 Å². The predicted octanol–water partition coefficient (Wildman–Crippen LogP) is 2.63. The normalized spacial score (nSPS) is 11.7. The number of nitrogens with zero attached hydrogens (tertiary/aromatic N) is 2. The van der Waals surface area contributed by atoms with Gasteiger partial charge in [0, 0.05) is 25.0 Å². The summed E-state index contributed by atoms with van der Waals surface area (Å²) in [6.07, 6.45) is 3.51. The highest BCUT2D eigenvalue weighted by Crippen LogP contribution is 2.11. The predicted molar refractivity (Wildman–Crippen MR) is 75.6 cm³/mol. The smallest absolute Gasteiger partial charge is 0.249 e. The van der Waals surface area contributed by atoms with Gasteiger partial charge < -0.3 is 9.64 Å². The van der Waals surface area contributed by atoms with Crippen LogP contribution in [0, 0.1) is 0 Å². The zero-order valence-electron chi connectivity index (χ0n) is 12.5. The minimum Gasteiger partial charge on any atom is -0.366 e. The Morgan fingerprint density at radius 3 is 2.58 bits per heavy atom. The molecule has 1 aromatic rings. The van der Waals surface area contributed by atoms with E-state index in [2.05, 4.69) is 4.98 Å². The van der Waals surface area contributed by atoms with Gasteiger partial charge in [0.15, 0.2) is 0 Å². The molecular formula is C15H24N2O2. The van der Waals surface area contributed by atoms with Crippen LogP contribution in [0.4, 0.5) is 0 Å². The SMILES string of the molecule is CC(C)N(Cc1cccnc1)C(=O)COC(C)(C)C. The van der Waals surface area contributed by atoms with Gasteiger partial charge in [-0.05, 0) is 46.2 Å². The van der Waals surface area contributed by atoms with Crippen molar-refractivity contribution in [2.24, 2.45) is 0 Å². The molecule has 4 nitrogen and oxygen atoms in total. The third kappa shape index (κ3) is 5.83. The van der Waals surface area contributed by atoms with E-state index in [0.717, 1.165) is 5.56 Å². The number of carbonyl (C=O) groups excluding carboxylic acids is 1. The summed E-state index contributed by atoms with van der Waals surface area (Å²) in [5, 5.41) is 0. The van der Waals surface area contributed by atoms with Crippen molar-refractivity contribution in [3.63, 3.8) is 0 Å². The van der Waals surface area contributed by atoms with Crippen LogP contribution in [0.5, 0.6) is 0 Å². The van der Waals surface area contributed by atoms with Crippen molar-refractivity contribution in [3.05, 3.63) is 30.1 Å². The molecule has 1 rings (SSSR count). The molecule has 0 aliphatic carbocycles. The number of ether oxygens (including phenoxy) is 1. The van der Waals surface area contributed by atoms with Crippen LogP contribution in [0.15, 0.2) is 24.5 Å². The van der Waals surface area contributed by atoms with E-state index >= 15 is 0 Å². The summed E-state index contributed by atoms with van der Waals surface area (Å²) in [5.74, 6) is 0.00813. The quantitative estimate of drug-likeness (QED) is 0.821. The lowest BCUT2D eigenvalue weighted by Gasteiger charge is -2.28. The van der Waals surface area contributed by atoms with Gasteiger partial charge in [-0.1, -0.05) is 6.07 Å². The van der Waals surface area contributed by atoms with E-state index in [1.807, 2.05) is 51.7 Å². The second kappa shape index (κ2) is 6.66. The van der Waals surface area contributed by atoms with E-state index < -0.39 is 0 Å². The lowest BCUT2D eigenvalue weighted by molar-refractivity contribution is -0.143.